The van der Waals surface area contributed by atoms with Gasteiger partial charge in [-0.2, -0.15) is 0 Å². The van der Waals surface area contributed by atoms with Gasteiger partial charge in [0.05, 0.1) is 10.5 Å². The Kier molecular flexibility index (Phi) is 4.77. The van der Waals surface area contributed by atoms with Gasteiger partial charge in [0.1, 0.15) is 5.69 Å². The number of carboxylic acid groups (broad SMARTS) is 1. The van der Waals surface area contributed by atoms with Gasteiger partial charge in [0, 0.05) is 18.7 Å². The van der Waals surface area contributed by atoms with Gasteiger partial charge in [-0.05, 0) is 31.9 Å². The molecule has 1 N–H and O–H groups in total. The smallest absolute Gasteiger partial charge is 0.335 e. The lowest BCUT2D eigenvalue weighted by atomic mass is 9.93. The summed E-state index contributed by atoms with van der Waals surface area (Å²) in [5.74, 6) is -1.15. The summed E-state index contributed by atoms with van der Waals surface area (Å²) >= 11 is 0. The van der Waals surface area contributed by atoms with Crippen LogP contribution in [-0.2, 0) is 0 Å². The number of carboxylic acids is 1. The molecule has 1 saturated carbocycles. The van der Waals surface area contributed by atoms with E-state index in [9.17, 15) is 14.9 Å². The summed E-state index contributed by atoms with van der Waals surface area (Å²) in [6.45, 7) is 2.65. The lowest BCUT2D eigenvalue weighted by Gasteiger charge is -2.35. The molecule has 0 aliphatic heterocycles. The molecule has 0 bridgehead atoms. The quantitative estimate of drug-likeness (QED) is 0.663. The predicted molar refractivity (Wildman–Crippen MR) is 79.9 cm³/mol. The van der Waals surface area contributed by atoms with E-state index in [1.165, 1.54) is 12.5 Å². The second kappa shape index (κ2) is 6.56. The molecule has 2 rings (SSSR count). The number of carbonyl (C=O) groups is 1. The Morgan fingerprint density at radius 2 is 2.05 bits per heavy atom. The predicted octanol–water partition coefficient (Wildman–Crippen LogP) is 3.45. The molecule has 0 saturated heterocycles. The number of nitro benzene ring substituents is 1. The third kappa shape index (κ3) is 3.32. The van der Waals surface area contributed by atoms with E-state index in [1.807, 2.05) is 11.8 Å². The van der Waals surface area contributed by atoms with E-state index in [4.69, 9.17) is 5.11 Å². The van der Waals surface area contributed by atoms with Crippen molar-refractivity contribution in [1.29, 1.82) is 0 Å². The van der Waals surface area contributed by atoms with Gasteiger partial charge in [-0.15, -0.1) is 0 Å². The number of nitrogens with zero attached hydrogens (tertiary/aromatic N) is 2. The third-order valence-corrected chi connectivity index (χ3v) is 4.08. The van der Waals surface area contributed by atoms with Gasteiger partial charge in [0.2, 0.25) is 0 Å². The van der Waals surface area contributed by atoms with Crippen molar-refractivity contribution in [3.63, 3.8) is 0 Å². The Hall–Kier alpha value is -2.11. The minimum Gasteiger partial charge on any atom is -0.478 e. The first-order valence-electron chi connectivity index (χ1n) is 7.33. The highest BCUT2D eigenvalue weighted by Crippen LogP contribution is 2.34. The lowest BCUT2D eigenvalue weighted by molar-refractivity contribution is -0.384. The molecule has 0 heterocycles. The fourth-order valence-corrected chi connectivity index (χ4v) is 3.06. The van der Waals surface area contributed by atoms with Gasteiger partial charge in [-0.25, -0.2) is 4.79 Å². The number of benzene rings is 1. The fraction of sp³-hybridized carbons (Fsp3) is 0.533. The van der Waals surface area contributed by atoms with Crippen LogP contribution < -0.4 is 4.90 Å². The third-order valence-electron chi connectivity index (χ3n) is 4.08. The monoisotopic (exact) mass is 292 g/mol. The van der Waals surface area contributed by atoms with Crippen molar-refractivity contribution in [3.05, 3.63) is 33.9 Å². The Balaban J connectivity index is 2.39. The van der Waals surface area contributed by atoms with Crippen LogP contribution in [0.5, 0.6) is 0 Å². The van der Waals surface area contributed by atoms with Gasteiger partial charge in [-0.1, -0.05) is 19.3 Å². The molecule has 0 aromatic heterocycles. The molecular formula is C15H20N2O4. The normalized spacial score (nSPS) is 15.7. The van der Waals surface area contributed by atoms with Crippen molar-refractivity contribution >= 4 is 17.3 Å². The van der Waals surface area contributed by atoms with E-state index in [0.29, 0.717) is 18.3 Å². The molecule has 1 aromatic rings. The van der Waals surface area contributed by atoms with Crippen LogP contribution in [0.2, 0.25) is 0 Å². The molecule has 0 atom stereocenters. The summed E-state index contributed by atoms with van der Waals surface area (Å²) in [4.78, 5) is 23.8. The first kappa shape index (κ1) is 15.3. The van der Waals surface area contributed by atoms with E-state index in [2.05, 4.69) is 0 Å². The van der Waals surface area contributed by atoms with E-state index in [0.717, 1.165) is 31.7 Å². The van der Waals surface area contributed by atoms with Crippen molar-refractivity contribution in [1.82, 2.24) is 0 Å². The Morgan fingerprint density at radius 1 is 1.38 bits per heavy atom. The maximum Gasteiger partial charge on any atom is 0.335 e. The highest BCUT2D eigenvalue weighted by molar-refractivity contribution is 5.89. The first-order chi connectivity index (χ1) is 10.0. The van der Waals surface area contributed by atoms with E-state index < -0.39 is 10.9 Å². The van der Waals surface area contributed by atoms with Gasteiger partial charge in [0.25, 0.3) is 5.69 Å². The van der Waals surface area contributed by atoms with Crippen molar-refractivity contribution in [2.75, 3.05) is 11.4 Å². The largest absolute Gasteiger partial charge is 0.478 e. The number of hydrogen-bond donors (Lipinski definition) is 1. The molecule has 1 aliphatic rings. The number of hydrogen-bond acceptors (Lipinski definition) is 4. The second-order valence-electron chi connectivity index (χ2n) is 5.34. The Morgan fingerprint density at radius 3 is 2.57 bits per heavy atom. The zero-order valence-electron chi connectivity index (χ0n) is 12.1. The van der Waals surface area contributed by atoms with Crippen LogP contribution in [0.1, 0.15) is 49.4 Å². The van der Waals surface area contributed by atoms with E-state index in [1.54, 1.807) is 6.07 Å². The van der Waals surface area contributed by atoms with Crippen LogP contribution >= 0.6 is 0 Å². The molecule has 6 heteroatoms. The van der Waals surface area contributed by atoms with Crippen molar-refractivity contribution in [3.8, 4) is 0 Å². The molecular weight excluding hydrogens is 272 g/mol. The molecule has 0 unspecified atom stereocenters. The second-order valence-corrected chi connectivity index (χ2v) is 5.34. The highest BCUT2D eigenvalue weighted by Gasteiger charge is 2.26. The molecule has 0 spiro atoms. The molecule has 1 fully saturated rings. The topological polar surface area (TPSA) is 83.7 Å². The molecule has 0 amide bonds. The van der Waals surface area contributed by atoms with Crippen LogP contribution in [0, 0.1) is 10.1 Å². The first-order valence-corrected chi connectivity index (χ1v) is 7.33. The average Bonchev–Trinajstić information content (AvgIpc) is 2.49. The molecule has 1 aromatic carbocycles. The van der Waals surface area contributed by atoms with Crippen LogP contribution in [0.3, 0.4) is 0 Å². The summed E-state index contributed by atoms with van der Waals surface area (Å²) in [5, 5.41) is 20.3. The van der Waals surface area contributed by atoms with E-state index in [-0.39, 0.29) is 11.3 Å². The number of nitro groups is 1. The Labute approximate surface area is 123 Å². The molecule has 1 aliphatic carbocycles. The van der Waals surface area contributed by atoms with Gasteiger partial charge < -0.3 is 10.0 Å². The molecule has 6 nitrogen and oxygen atoms in total. The minimum absolute atomic E-state index is 0.0508. The zero-order valence-corrected chi connectivity index (χ0v) is 12.1. The molecule has 21 heavy (non-hydrogen) atoms. The van der Waals surface area contributed by atoms with Crippen molar-refractivity contribution in [2.45, 2.75) is 45.1 Å². The summed E-state index contributed by atoms with van der Waals surface area (Å²) in [5.41, 5.74) is 0.354. The maximum atomic E-state index is 11.3. The SMILES string of the molecule is CCN(c1ccc(C(=O)O)cc1[N+](=O)[O-])C1CCCCC1. The van der Waals surface area contributed by atoms with Crippen LogP contribution in [0.15, 0.2) is 18.2 Å². The zero-order chi connectivity index (χ0) is 15.4. The maximum absolute atomic E-state index is 11.3. The standard InChI is InChI=1S/C15H20N2O4/c1-2-16(12-6-4-3-5-7-12)13-9-8-11(15(18)19)10-14(13)17(20)21/h8-10,12H,2-7H2,1H3,(H,18,19). The van der Waals surface area contributed by atoms with Crippen LogP contribution in [0.25, 0.3) is 0 Å². The summed E-state index contributed by atoms with van der Waals surface area (Å²) in [6.07, 6.45) is 5.57. The van der Waals surface area contributed by atoms with Crippen LogP contribution in [0.4, 0.5) is 11.4 Å². The van der Waals surface area contributed by atoms with Gasteiger partial charge in [-0.3, -0.25) is 10.1 Å². The highest BCUT2D eigenvalue weighted by atomic mass is 16.6. The average molecular weight is 292 g/mol. The molecule has 114 valence electrons. The summed E-state index contributed by atoms with van der Waals surface area (Å²) < 4.78 is 0. The summed E-state index contributed by atoms with van der Waals surface area (Å²) in [7, 11) is 0. The van der Waals surface area contributed by atoms with Gasteiger partial charge in [0.15, 0.2) is 0 Å². The van der Waals surface area contributed by atoms with E-state index >= 15 is 0 Å². The lowest BCUT2D eigenvalue weighted by Crippen LogP contribution is -2.37. The number of rotatable bonds is 5. The fourth-order valence-electron chi connectivity index (χ4n) is 3.06. The van der Waals surface area contributed by atoms with Gasteiger partial charge >= 0.3 is 5.97 Å². The van der Waals surface area contributed by atoms with Crippen molar-refractivity contribution < 1.29 is 14.8 Å². The number of anilines is 1. The van der Waals surface area contributed by atoms with Crippen LogP contribution in [-0.4, -0.2) is 28.6 Å². The number of aromatic carboxylic acids is 1. The Bertz CT molecular complexity index is 538. The summed E-state index contributed by atoms with van der Waals surface area (Å²) in [6, 6.07) is 4.47. The minimum atomic E-state index is -1.15. The van der Waals surface area contributed by atoms with Crippen molar-refractivity contribution in [2.24, 2.45) is 0 Å². The molecule has 0 radical (unpaired) electrons.